The molecule has 2 aromatic rings. The number of Topliss-reactive ketones (excluding diaryl/α,β-unsaturated/α-hetero) is 1. The predicted molar refractivity (Wildman–Crippen MR) is 127 cm³/mol. The number of amides is 2. The molecule has 0 bridgehead atoms. The molecule has 3 rings (SSSR count). The van der Waals surface area contributed by atoms with Crippen molar-refractivity contribution in [1.29, 1.82) is 0 Å². The summed E-state index contributed by atoms with van der Waals surface area (Å²) in [6.07, 6.45) is 0.00520. The second-order valence-electron chi connectivity index (χ2n) is 10.5. The first-order valence-electron chi connectivity index (χ1n) is 11.5. The van der Waals surface area contributed by atoms with Crippen LogP contribution in [0.5, 0.6) is 0 Å². The third kappa shape index (κ3) is 6.08. The molecule has 6 nitrogen and oxygen atoms in total. The molecule has 1 saturated heterocycles. The van der Waals surface area contributed by atoms with E-state index in [1.54, 1.807) is 50.2 Å². The molecule has 34 heavy (non-hydrogen) atoms. The van der Waals surface area contributed by atoms with Gasteiger partial charge in [-0.25, -0.2) is 4.39 Å². The zero-order valence-electron chi connectivity index (χ0n) is 20.4. The SMILES string of the molecule is CC(C)(C)c1ccc(CC(=O)C(NC(=O)[C@@H]2CNC(=O)C2)c2ccc(C(C)(C)O)cc2)cc1F. The fraction of sp³-hybridized carbons (Fsp3) is 0.444. The Hall–Kier alpha value is -3.06. The van der Waals surface area contributed by atoms with Gasteiger partial charge in [-0.1, -0.05) is 57.2 Å². The highest BCUT2D eigenvalue weighted by molar-refractivity contribution is 5.94. The molecule has 1 unspecified atom stereocenters. The van der Waals surface area contributed by atoms with Crippen LogP contribution >= 0.6 is 0 Å². The molecule has 1 aliphatic rings. The van der Waals surface area contributed by atoms with E-state index in [4.69, 9.17) is 0 Å². The molecule has 0 saturated carbocycles. The van der Waals surface area contributed by atoms with Crippen molar-refractivity contribution in [3.8, 4) is 0 Å². The summed E-state index contributed by atoms with van der Waals surface area (Å²) in [5, 5.41) is 15.6. The first-order valence-corrected chi connectivity index (χ1v) is 11.5. The van der Waals surface area contributed by atoms with Gasteiger partial charge in [0.15, 0.2) is 5.78 Å². The van der Waals surface area contributed by atoms with Crippen molar-refractivity contribution >= 4 is 17.6 Å². The third-order valence-corrected chi connectivity index (χ3v) is 6.13. The normalized spacial score (nSPS) is 17.3. The van der Waals surface area contributed by atoms with Crippen LogP contribution < -0.4 is 10.6 Å². The zero-order chi connectivity index (χ0) is 25.3. The van der Waals surface area contributed by atoms with E-state index in [1.807, 2.05) is 20.8 Å². The summed E-state index contributed by atoms with van der Waals surface area (Å²) >= 11 is 0. The zero-order valence-corrected chi connectivity index (χ0v) is 20.4. The third-order valence-electron chi connectivity index (χ3n) is 6.13. The standard InChI is InChI=1S/C27H33FN2O4/c1-26(2,3)20-11-6-16(12-21(20)28)13-22(31)24(30-25(33)18-14-23(32)29-15-18)17-7-9-19(10-8-17)27(4,5)34/h6-12,18,24,34H,13-15H2,1-5H3,(H,29,32)(H,30,33)/t18-,24?/m0/s1. The number of hydrogen-bond donors (Lipinski definition) is 3. The number of halogens is 1. The second kappa shape index (κ2) is 9.66. The van der Waals surface area contributed by atoms with Crippen LogP contribution in [0.3, 0.4) is 0 Å². The van der Waals surface area contributed by atoms with Crippen molar-refractivity contribution in [2.45, 2.75) is 64.5 Å². The van der Waals surface area contributed by atoms with Crippen LogP contribution in [0.2, 0.25) is 0 Å². The van der Waals surface area contributed by atoms with Gasteiger partial charge in [0, 0.05) is 19.4 Å². The number of nitrogens with one attached hydrogen (secondary N) is 2. The lowest BCUT2D eigenvalue weighted by molar-refractivity contribution is -0.130. The first kappa shape index (κ1) is 25.6. The van der Waals surface area contributed by atoms with Gasteiger partial charge in [-0.2, -0.15) is 0 Å². The van der Waals surface area contributed by atoms with Crippen LogP contribution in [-0.2, 0) is 31.8 Å². The number of rotatable bonds is 7. The molecule has 0 aliphatic carbocycles. The van der Waals surface area contributed by atoms with Crippen molar-refractivity contribution < 1.29 is 23.9 Å². The smallest absolute Gasteiger partial charge is 0.226 e. The van der Waals surface area contributed by atoms with Crippen molar-refractivity contribution in [3.63, 3.8) is 0 Å². The van der Waals surface area contributed by atoms with Crippen LogP contribution in [0.1, 0.15) is 69.3 Å². The van der Waals surface area contributed by atoms with Gasteiger partial charge in [-0.05, 0) is 47.6 Å². The van der Waals surface area contributed by atoms with Crippen LogP contribution in [0.25, 0.3) is 0 Å². The van der Waals surface area contributed by atoms with Crippen LogP contribution in [0, 0.1) is 11.7 Å². The van der Waals surface area contributed by atoms with Crippen molar-refractivity contribution in [2.24, 2.45) is 5.92 Å². The fourth-order valence-corrected chi connectivity index (χ4v) is 4.06. The molecule has 1 heterocycles. The lowest BCUT2D eigenvalue weighted by Crippen LogP contribution is -2.39. The summed E-state index contributed by atoms with van der Waals surface area (Å²) in [6.45, 7) is 9.30. The average molecular weight is 469 g/mol. The molecule has 2 amide bonds. The maximum absolute atomic E-state index is 14.7. The van der Waals surface area contributed by atoms with Gasteiger partial charge in [-0.15, -0.1) is 0 Å². The summed E-state index contributed by atoms with van der Waals surface area (Å²) in [4.78, 5) is 37.7. The van der Waals surface area contributed by atoms with Gasteiger partial charge in [-0.3, -0.25) is 14.4 Å². The molecule has 2 aromatic carbocycles. The maximum atomic E-state index is 14.7. The van der Waals surface area contributed by atoms with Gasteiger partial charge >= 0.3 is 0 Å². The lowest BCUT2D eigenvalue weighted by atomic mass is 9.85. The van der Waals surface area contributed by atoms with Crippen LogP contribution in [0.4, 0.5) is 4.39 Å². The fourth-order valence-electron chi connectivity index (χ4n) is 4.06. The maximum Gasteiger partial charge on any atom is 0.226 e. The molecular formula is C27H33FN2O4. The van der Waals surface area contributed by atoms with E-state index in [0.29, 0.717) is 22.3 Å². The van der Waals surface area contributed by atoms with E-state index >= 15 is 0 Å². The van der Waals surface area contributed by atoms with Crippen LogP contribution in [0.15, 0.2) is 42.5 Å². The molecule has 182 valence electrons. The van der Waals surface area contributed by atoms with Gasteiger partial charge in [0.2, 0.25) is 11.8 Å². The number of carbonyl (C=O) groups excluding carboxylic acids is 3. The Labute approximate surface area is 200 Å². The lowest BCUT2D eigenvalue weighted by Gasteiger charge is -2.23. The molecular weight excluding hydrogens is 435 g/mol. The summed E-state index contributed by atoms with van der Waals surface area (Å²) in [7, 11) is 0. The molecule has 7 heteroatoms. The van der Waals surface area contributed by atoms with E-state index in [-0.39, 0.29) is 42.3 Å². The molecule has 0 spiro atoms. The Balaban J connectivity index is 1.86. The average Bonchev–Trinajstić information content (AvgIpc) is 3.17. The van der Waals surface area contributed by atoms with Crippen molar-refractivity contribution in [3.05, 3.63) is 70.5 Å². The Morgan fingerprint density at radius 1 is 1.12 bits per heavy atom. The monoisotopic (exact) mass is 468 g/mol. The minimum Gasteiger partial charge on any atom is -0.386 e. The topological polar surface area (TPSA) is 95.5 Å². The molecule has 3 N–H and O–H groups in total. The number of hydrogen-bond acceptors (Lipinski definition) is 4. The Bertz CT molecular complexity index is 1080. The Morgan fingerprint density at radius 3 is 2.26 bits per heavy atom. The molecule has 0 radical (unpaired) electrons. The minimum absolute atomic E-state index is 0.0681. The largest absolute Gasteiger partial charge is 0.386 e. The highest BCUT2D eigenvalue weighted by Crippen LogP contribution is 2.27. The van der Waals surface area contributed by atoms with Gasteiger partial charge in [0.1, 0.15) is 11.9 Å². The Morgan fingerprint density at radius 2 is 1.76 bits per heavy atom. The van der Waals surface area contributed by atoms with Crippen molar-refractivity contribution in [1.82, 2.24) is 10.6 Å². The summed E-state index contributed by atoms with van der Waals surface area (Å²) in [6, 6.07) is 10.6. The quantitative estimate of drug-likeness (QED) is 0.580. The summed E-state index contributed by atoms with van der Waals surface area (Å²) in [5.74, 6) is -1.82. The second-order valence-corrected chi connectivity index (χ2v) is 10.5. The highest BCUT2D eigenvalue weighted by atomic mass is 19.1. The van der Waals surface area contributed by atoms with Crippen LogP contribution in [-0.4, -0.2) is 29.2 Å². The van der Waals surface area contributed by atoms with Gasteiger partial charge in [0.05, 0.1) is 11.5 Å². The highest BCUT2D eigenvalue weighted by Gasteiger charge is 2.32. The molecule has 1 aliphatic heterocycles. The number of ketones is 1. The summed E-state index contributed by atoms with van der Waals surface area (Å²) < 4.78 is 14.7. The minimum atomic E-state index is -1.05. The van der Waals surface area contributed by atoms with Gasteiger partial charge in [0.25, 0.3) is 0 Å². The molecule has 1 fully saturated rings. The van der Waals surface area contributed by atoms with E-state index in [2.05, 4.69) is 10.6 Å². The molecule has 2 atom stereocenters. The van der Waals surface area contributed by atoms with Crippen molar-refractivity contribution in [2.75, 3.05) is 6.54 Å². The molecule has 0 aromatic heterocycles. The van der Waals surface area contributed by atoms with E-state index < -0.39 is 23.5 Å². The van der Waals surface area contributed by atoms with E-state index in [1.165, 1.54) is 6.07 Å². The number of benzene rings is 2. The van der Waals surface area contributed by atoms with Gasteiger partial charge < -0.3 is 15.7 Å². The predicted octanol–water partition coefficient (Wildman–Crippen LogP) is 3.46. The number of aliphatic hydroxyl groups is 1. The number of carbonyl (C=O) groups is 3. The van der Waals surface area contributed by atoms with E-state index in [9.17, 15) is 23.9 Å². The Kier molecular flexibility index (Phi) is 7.26. The van der Waals surface area contributed by atoms with E-state index in [0.717, 1.165) is 0 Å². The summed E-state index contributed by atoms with van der Waals surface area (Å²) in [5.41, 5.74) is 0.881. The first-order chi connectivity index (χ1) is 15.8.